The predicted octanol–water partition coefficient (Wildman–Crippen LogP) is 2.94. The summed E-state index contributed by atoms with van der Waals surface area (Å²) >= 11 is 0. The molecule has 0 aromatic rings. The highest BCUT2D eigenvalue weighted by atomic mass is 16.3. The van der Waals surface area contributed by atoms with Crippen molar-refractivity contribution >= 4 is 0 Å². The summed E-state index contributed by atoms with van der Waals surface area (Å²) in [7, 11) is 0. The molecule has 0 radical (unpaired) electrons. The third kappa shape index (κ3) is 3.81. The largest absolute Gasteiger partial charge is 0.390 e. The smallest absolute Gasteiger partial charge is 0.0650 e. The van der Waals surface area contributed by atoms with Crippen LogP contribution < -0.4 is 0 Å². The molecule has 1 aliphatic carbocycles. The zero-order valence-electron chi connectivity index (χ0n) is 8.39. The van der Waals surface area contributed by atoms with Crippen molar-refractivity contribution in [2.45, 2.75) is 50.2 Å². The first-order valence-corrected chi connectivity index (χ1v) is 5.08. The molecule has 0 bridgehead atoms. The zero-order chi connectivity index (χ0) is 10.4. The molecular weight excluding hydrogens is 178 g/mol. The van der Waals surface area contributed by atoms with Crippen LogP contribution in [0.3, 0.4) is 0 Å². The molecule has 14 heavy (non-hydrogen) atoms. The van der Waals surface area contributed by atoms with Crippen LogP contribution in [0, 0.1) is 0 Å². The molecular formula is C10H17N3O. The van der Waals surface area contributed by atoms with Gasteiger partial charge in [-0.1, -0.05) is 17.6 Å². The molecule has 4 nitrogen and oxygen atoms in total. The molecule has 0 amide bonds. The maximum Gasteiger partial charge on any atom is 0.0650 e. The normalized spacial score (nSPS) is 19.5. The van der Waals surface area contributed by atoms with Gasteiger partial charge >= 0.3 is 0 Å². The number of aliphatic hydroxyl groups is 1. The van der Waals surface area contributed by atoms with Crippen LogP contribution in [0.25, 0.3) is 10.4 Å². The Kier molecular flexibility index (Phi) is 3.98. The van der Waals surface area contributed by atoms with Gasteiger partial charge in [-0.05, 0) is 37.6 Å². The van der Waals surface area contributed by atoms with Crippen LogP contribution in [-0.2, 0) is 0 Å². The van der Waals surface area contributed by atoms with Crippen LogP contribution in [-0.4, -0.2) is 16.7 Å². The molecule has 1 aliphatic rings. The first-order chi connectivity index (χ1) is 6.70. The summed E-state index contributed by atoms with van der Waals surface area (Å²) in [5.74, 6) is 0. The van der Waals surface area contributed by atoms with E-state index in [0.717, 1.165) is 38.5 Å². The summed E-state index contributed by atoms with van der Waals surface area (Å²) in [5.41, 5.74) is 7.93. The van der Waals surface area contributed by atoms with Crippen LogP contribution >= 0.6 is 0 Å². The molecule has 0 spiro atoms. The Morgan fingerprint density at radius 1 is 1.64 bits per heavy atom. The molecule has 0 aromatic carbocycles. The monoisotopic (exact) mass is 195 g/mol. The minimum Gasteiger partial charge on any atom is -0.390 e. The number of azide groups is 1. The average molecular weight is 195 g/mol. The number of hydrogen-bond donors (Lipinski definition) is 1. The van der Waals surface area contributed by atoms with Crippen molar-refractivity contribution < 1.29 is 5.11 Å². The van der Waals surface area contributed by atoms with E-state index in [1.807, 2.05) is 0 Å². The average Bonchev–Trinajstić information content (AvgIpc) is 2.85. The highest BCUT2D eigenvalue weighted by Crippen LogP contribution is 2.39. The molecule has 4 heteroatoms. The third-order valence-electron chi connectivity index (χ3n) is 2.66. The summed E-state index contributed by atoms with van der Waals surface area (Å²) in [6.07, 6.45) is 6.96. The Hall–Kier alpha value is -0.990. The molecule has 1 saturated carbocycles. The van der Waals surface area contributed by atoms with Gasteiger partial charge in [0.25, 0.3) is 0 Å². The van der Waals surface area contributed by atoms with Gasteiger partial charge in [0.05, 0.1) is 5.60 Å². The molecule has 0 aliphatic heterocycles. The topological polar surface area (TPSA) is 69.0 Å². The lowest BCUT2D eigenvalue weighted by molar-refractivity contribution is 0.136. The second-order valence-corrected chi connectivity index (χ2v) is 4.00. The van der Waals surface area contributed by atoms with Crippen molar-refractivity contribution in [1.29, 1.82) is 0 Å². The van der Waals surface area contributed by atoms with E-state index in [0.29, 0.717) is 0 Å². The predicted molar refractivity (Wildman–Crippen MR) is 55.8 cm³/mol. The molecule has 1 rings (SSSR count). The van der Waals surface area contributed by atoms with Crippen LogP contribution in [0.4, 0.5) is 0 Å². The molecule has 0 unspecified atom stereocenters. The van der Waals surface area contributed by atoms with Gasteiger partial charge in [-0.2, -0.15) is 0 Å². The number of nitrogens with zero attached hydrogens (tertiary/aromatic N) is 3. The quantitative estimate of drug-likeness (QED) is 0.288. The summed E-state index contributed by atoms with van der Waals surface area (Å²) in [4.78, 5) is 2.80. The minimum absolute atomic E-state index is 0.0137. The van der Waals surface area contributed by atoms with Gasteiger partial charge in [0, 0.05) is 11.0 Å². The molecule has 0 aromatic heterocycles. The van der Waals surface area contributed by atoms with Crippen molar-refractivity contribution in [3.8, 4) is 0 Å². The number of hydrogen-bond acceptors (Lipinski definition) is 2. The van der Waals surface area contributed by atoms with E-state index in [2.05, 4.69) is 16.6 Å². The van der Waals surface area contributed by atoms with Gasteiger partial charge in [0.1, 0.15) is 0 Å². The maximum atomic E-state index is 9.58. The molecule has 78 valence electrons. The van der Waals surface area contributed by atoms with Crippen LogP contribution in [0.5, 0.6) is 0 Å². The fourth-order valence-electron chi connectivity index (χ4n) is 1.55. The van der Waals surface area contributed by atoms with E-state index in [1.165, 1.54) is 0 Å². The molecule has 0 saturated heterocycles. The maximum absolute atomic E-state index is 9.58. The Morgan fingerprint density at radius 3 is 2.86 bits per heavy atom. The van der Waals surface area contributed by atoms with Gasteiger partial charge in [0.2, 0.25) is 0 Å². The summed E-state index contributed by atoms with van der Waals surface area (Å²) in [5, 5.41) is 13.3. The summed E-state index contributed by atoms with van der Waals surface area (Å²) < 4.78 is 0. The Labute approximate surface area is 84.3 Å². The standard InChI is InChI=1S/C10H17N3O/c1-2-4-9(12-13-11)5-3-6-10(14)7-8-10/h2,9,14H,1,3-8H2/t9-/m1/s1. The van der Waals surface area contributed by atoms with E-state index in [-0.39, 0.29) is 11.6 Å². The Balaban J connectivity index is 2.18. The van der Waals surface area contributed by atoms with Crippen LogP contribution in [0.1, 0.15) is 38.5 Å². The van der Waals surface area contributed by atoms with Crippen molar-refractivity contribution in [2.75, 3.05) is 0 Å². The van der Waals surface area contributed by atoms with E-state index in [9.17, 15) is 5.11 Å². The fraction of sp³-hybridized carbons (Fsp3) is 0.800. The second kappa shape index (κ2) is 5.03. The van der Waals surface area contributed by atoms with Gasteiger partial charge in [-0.3, -0.25) is 0 Å². The highest BCUT2D eigenvalue weighted by molar-refractivity contribution is 4.93. The van der Waals surface area contributed by atoms with E-state index < -0.39 is 0 Å². The van der Waals surface area contributed by atoms with Crippen LogP contribution in [0.2, 0.25) is 0 Å². The second-order valence-electron chi connectivity index (χ2n) is 4.00. The first kappa shape index (κ1) is 11.1. The van der Waals surface area contributed by atoms with Gasteiger partial charge in [0.15, 0.2) is 0 Å². The van der Waals surface area contributed by atoms with E-state index in [4.69, 9.17) is 5.53 Å². The third-order valence-corrected chi connectivity index (χ3v) is 2.66. The summed E-state index contributed by atoms with van der Waals surface area (Å²) in [6, 6.07) is 0.0137. The molecule has 1 fully saturated rings. The SMILES string of the molecule is C=CC[C@H](CCCC1(O)CC1)N=[N+]=[N-]. The lowest BCUT2D eigenvalue weighted by atomic mass is 10.0. The number of rotatable bonds is 7. The fourth-order valence-corrected chi connectivity index (χ4v) is 1.55. The molecule has 1 N–H and O–H groups in total. The Morgan fingerprint density at radius 2 is 2.36 bits per heavy atom. The first-order valence-electron chi connectivity index (χ1n) is 5.08. The Bertz CT molecular complexity index is 242. The van der Waals surface area contributed by atoms with Gasteiger partial charge in [-0.25, -0.2) is 0 Å². The molecule has 0 heterocycles. The molecule has 1 atom stereocenters. The highest BCUT2D eigenvalue weighted by Gasteiger charge is 2.39. The van der Waals surface area contributed by atoms with Crippen LogP contribution in [0.15, 0.2) is 17.8 Å². The zero-order valence-corrected chi connectivity index (χ0v) is 8.39. The van der Waals surface area contributed by atoms with Crippen molar-refractivity contribution in [3.05, 3.63) is 23.1 Å². The van der Waals surface area contributed by atoms with Gasteiger partial charge < -0.3 is 5.11 Å². The van der Waals surface area contributed by atoms with Gasteiger partial charge in [-0.15, -0.1) is 6.58 Å². The summed E-state index contributed by atoms with van der Waals surface area (Å²) in [6.45, 7) is 3.62. The van der Waals surface area contributed by atoms with E-state index >= 15 is 0 Å². The van der Waals surface area contributed by atoms with Crippen molar-refractivity contribution in [2.24, 2.45) is 5.11 Å². The minimum atomic E-state index is -0.380. The lowest BCUT2D eigenvalue weighted by Gasteiger charge is -2.10. The van der Waals surface area contributed by atoms with Crippen molar-refractivity contribution in [3.63, 3.8) is 0 Å². The van der Waals surface area contributed by atoms with Crippen molar-refractivity contribution in [1.82, 2.24) is 0 Å². The lowest BCUT2D eigenvalue weighted by Crippen LogP contribution is -2.08. The van der Waals surface area contributed by atoms with E-state index in [1.54, 1.807) is 6.08 Å².